The number of hydrogen-bond donors (Lipinski definition) is 2. The topological polar surface area (TPSA) is 26.3 Å². The molecule has 0 saturated carbocycles. The number of hydrogen-bond acceptors (Lipinski definition) is 3. The second kappa shape index (κ2) is 5.98. The van der Waals surface area contributed by atoms with Gasteiger partial charge in [0.15, 0.2) is 0 Å². The van der Waals surface area contributed by atoms with Crippen molar-refractivity contribution in [1.82, 2.24) is 0 Å². The van der Waals surface area contributed by atoms with Gasteiger partial charge in [-0.15, -0.1) is 0 Å². The molecule has 0 bridgehead atoms. The Morgan fingerprint density at radius 2 is 1.79 bits per heavy atom. The molecule has 0 amide bonds. The predicted octanol–water partition coefficient (Wildman–Crippen LogP) is 2.73. The summed E-state index contributed by atoms with van der Waals surface area (Å²) in [5.74, 6) is 0.742. The Balaban J connectivity index is 2.40. The van der Waals surface area contributed by atoms with Crippen LogP contribution in [0.25, 0.3) is 0 Å². The number of carbonyl (C=O) groups is 1. The first-order chi connectivity index (χ1) is 6.72. The molecule has 1 aromatic rings. The highest BCUT2D eigenvalue weighted by molar-refractivity contribution is 7.96. The molecule has 1 rings (SSSR count). The lowest BCUT2D eigenvalue weighted by Crippen LogP contribution is -2.00. The zero-order valence-corrected chi connectivity index (χ0v) is 9.43. The van der Waals surface area contributed by atoms with E-state index in [1.54, 1.807) is 0 Å². The molecular formula is C10H12O2S2. The number of rotatable bonds is 4. The number of carbonyl (C=O) groups excluding carboxylic acids is 1. The highest BCUT2D eigenvalue weighted by Gasteiger charge is 1.96. The summed E-state index contributed by atoms with van der Waals surface area (Å²) < 4.78 is 4.71. The smallest absolute Gasteiger partial charge is 0.364 e. The predicted molar refractivity (Wildman–Crippen MR) is 63.2 cm³/mol. The Kier molecular flexibility index (Phi) is 4.90. The first kappa shape index (κ1) is 11.5. The molecule has 0 heterocycles. The Morgan fingerprint density at radius 1 is 1.21 bits per heavy atom. The Hall–Kier alpha value is -0.610. The Morgan fingerprint density at radius 3 is 2.29 bits per heavy atom. The summed E-state index contributed by atoms with van der Waals surface area (Å²) >= 11 is 7.67. The average molecular weight is 228 g/mol. The van der Waals surface area contributed by atoms with E-state index in [1.807, 2.05) is 24.3 Å². The molecule has 2 nitrogen and oxygen atoms in total. The van der Waals surface area contributed by atoms with Crippen molar-refractivity contribution < 1.29 is 9.53 Å². The zero-order valence-electron chi connectivity index (χ0n) is 7.64. The largest absolute Gasteiger partial charge is 0.457 e. The van der Waals surface area contributed by atoms with E-state index < -0.39 is 5.30 Å². The van der Waals surface area contributed by atoms with Gasteiger partial charge in [0.1, 0.15) is 0 Å². The molecule has 0 atom stereocenters. The van der Waals surface area contributed by atoms with Crippen molar-refractivity contribution in [2.75, 3.05) is 6.61 Å². The van der Waals surface area contributed by atoms with Crippen LogP contribution in [-0.4, -0.2) is 11.9 Å². The monoisotopic (exact) mass is 228 g/mol. The summed E-state index contributed by atoms with van der Waals surface area (Å²) in [5.41, 5.74) is 2.33. The molecule has 0 N–H and O–H groups in total. The molecule has 0 spiro atoms. The highest BCUT2D eigenvalue weighted by atomic mass is 32.1. The Labute approximate surface area is 94.5 Å². The van der Waals surface area contributed by atoms with Crippen molar-refractivity contribution in [2.45, 2.75) is 12.2 Å². The third-order valence-corrected chi connectivity index (χ3v) is 2.32. The van der Waals surface area contributed by atoms with Crippen molar-refractivity contribution in [3.8, 4) is 0 Å². The van der Waals surface area contributed by atoms with E-state index >= 15 is 0 Å². The summed E-state index contributed by atoms with van der Waals surface area (Å²) in [6, 6.07) is 8.06. The van der Waals surface area contributed by atoms with Crippen molar-refractivity contribution >= 4 is 30.6 Å². The molecule has 0 radical (unpaired) electrons. The SMILES string of the molecule is O=C(S)OCCc1ccc(CS)cc1. The second-order valence-electron chi connectivity index (χ2n) is 2.84. The van der Waals surface area contributed by atoms with Crippen molar-refractivity contribution in [2.24, 2.45) is 0 Å². The summed E-state index contributed by atoms with van der Waals surface area (Å²) in [6.45, 7) is 0.378. The highest BCUT2D eigenvalue weighted by Crippen LogP contribution is 2.07. The van der Waals surface area contributed by atoms with Gasteiger partial charge >= 0.3 is 5.30 Å². The van der Waals surface area contributed by atoms with Gasteiger partial charge in [0, 0.05) is 12.2 Å². The maximum atomic E-state index is 10.4. The third kappa shape index (κ3) is 4.07. The molecule has 76 valence electrons. The van der Waals surface area contributed by atoms with Gasteiger partial charge in [0.05, 0.1) is 6.61 Å². The van der Waals surface area contributed by atoms with E-state index in [-0.39, 0.29) is 0 Å². The fourth-order valence-corrected chi connectivity index (χ4v) is 1.37. The van der Waals surface area contributed by atoms with Crippen LogP contribution in [0.3, 0.4) is 0 Å². The standard InChI is InChI=1S/C10H12O2S2/c11-10(14)12-6-5-8-1-3-9(7-13)4-2-8/h1-4,13H,5-7H2,(H,11,14). The minimum Gasteiger partial charge on any atom is -0.457 e. The molecule has 0 unspecified atom stereocenters. The number of benzene rings is 1. The van der Waals surface area contributed by atoms with Crippen LogP contribution >= 0.6 is 25.3 Å². The van der Waals surface area contributed by atoms with E-state index in [4.69, 9.17) is 4.74 Å². The van der Waals surface area contributed by atoms with Crippen LogP contribution < -0.4 is 0 Å². The van der Waals surface area contributed by atoms with Crippen LogP contribution in [0.15, 0.2) is 24.3 Å². The van der Waals surface area contributed by atoms with Crippen LogP contribution in [-0.2, 0) is 16.9 Å². The average Bonchev–Trinajstić information content (AvgIpc) is 2.18. The molecule has 0 aliphatic rings. The van der Waals surface area contributed by atoms with E-state index in [9.17, 15) is 4.79 Å². The van der Waals surface area contributed by atoms with Crippen molar-refractivity contribution in [3.05, 3.63) is 35.4 Å². The van der Waals surface area contributed by atoms with Crippen LogP contribution in [0, 0.1) is 0 Å². The molecular weight excluding hydrogens is 216 g/mol. The summed E-state index contributed by atoms with van der Waals surface area (Å²) in [7, 11) is 0. The second-order valence-corrected chi connectivity index (χ2v) is 3.52. The van der Waals surface area contributed by atoms with Gasteiger partial charge in [-0.3, -0.25) is 0 Å². The molecule has 0 fully saturated rings. The fraction of sp³-hybridized carbons (Fsp3) is 0.300. The van der Waals surface area contributed by atoms with Gasteiger partial charge in [-0.1, -0.05) is 36.9 Å². The van der Waals surface area contributed by atoms with E-state index in [0.717, 1.165) is 17.7 Å². The van der Waals surface area contributed by atoms with Crippen LogP contribution in [0.2, 0.25) is 0 Å². The first-order valence-electron chi connectivity index (χ1n) is 4.27. The zero-order chi connectivity index (χ0) is 10.4. The number of thiol groups is 2. The molecule has 0 aliphatic carbocycles. The minimum atomic E-state index is -0.531. The molecule has 0 aromatic heterocycles. The maximum absolute atomic E-state index is 10.4. The van der Waals surface area contributed by atoms with Crippen LogP contribution in [0.5, 0.6) is 0 Å². The summed E-state index contributed by atoms with van der Waals surface area (Å²) in [5, 5.41) is -0.531. The van der Waals surface area contributed by atoms with Gasteiger partial charge in [-0.2, -0.15) is 12.6 Å². The maximum Gasteiger partial charge on any atom is 0.364 e. The van der Waals surface area contributed by atoms with Crippen LogP contribution in [0.1, 0.15) is 11.1 Å². The molecule has 0 aliphatic heterocycles. The van der Waals surface area contributed by atoms with Gasteiger partial charge in [0.2, 0.25) is 0 Å². The summed E-state index contributed by atoms with van der Waals surface area (Å²) in [4.78, 5) is 10.4. The lowest BCUT2D eigenvalue weighted by molar-refractivity contribution is 0.177. The Bertz CT molecular complexity index is 295. The van der Waals surface area contributed by atoms with Gasteiger partial charge in [0.25, 0.3) is 0 Å². The molecule has 1 aromatic carbocycles. The van der Waals surface area contributed by atoms with Crippen molar-refractivity contribution in [3.63, 3.8) is 0 Å². The molecule has 4 heteroatoms. The summed E-state index contributed by atoms with van der Waals surface area (Å²) in [6.07, 6.45) is 0.721. The van der Waals surface area contributed by atoms with Crippen molar-refractivity contribution in [1.29, 1.82) is 0 Å². The quantitative estimate of drug-likeness (QED) is 0.612. The van der Waals surface area contributed by atoms with E-state index in [1.165, 1.54) is 5.56 Å². The minimum absolute atomic E-state index is 0.378. The molecule has 0 saturated heterocycles. The third-order valence-electron chi connectivity index (χ3n) is 1.82. The van der Waals surface area contributed by atoms with Gasteiger partial charge in [-0.25, -0.2) is 4.79 Å². The van der Waals surface area contributed by atoms with E-state index in [0.29, 0.717) is 6.61 Å². The van der Waals surface area contributed by atoms with E-state index in [2.05, 4.69) is 25.3 Å². The van der Waals surface area contributed by atoms with Crippen LogP contribution in [0.4, 0.5) is 4.79 Å². The van der Waals surface area contributed by atoms with Gasteiger partial charge in [-0.05, 0) is 11.1 Å². The molecule has 14 heavy (non-hydrogen) atoms. The number of ether oxygens (including phenoxy) is 1. The lowest BCUT2D eigenvalue weighted by Gasteiger charge is -2.02. The lowest BCUT2D eigenvalue weighted by atomic mass is 10.1. The first-order valence-corrected chi connectivity index (χ1v) is 5.34. The normalized spacial score (nSPS) is 9.86. The van der Waals surface area contributed by atoms with Gasteiger partial charge < -0.3 is 4.74 Å². The fourth-order valence-electron chi connectivity index (χ4n) is 1.07.